The number of aliphatic hydroxyl groups is 1. The Morgan fingerprint density at radius 2 is 1.97 bits per heavy atom. The van der Waals surface area contributed by atoms with Crippen molar-refractivity contribution in [1.29, 1.82) is 0 Å². The van der Waals surface area contributed by atoms with E-state index in [4.69, 9.17) is 9.47 Å². The number of para-hydroxylation sites is 2. The zero-order chi connectivity index (χ0) is 22.4. The molecule has 0 spiro atoms. The standard InChI is InChI=1S/C24H34N2O4S/c1-17(2)13-25(14-18(3)27)15-24(28)26-11-9-23-19(10-12-31-23)20(26)16-30-22-8-6-5-7-21(22)29-4/h5-8,10,12,17-18,20,27H,9,11,13-16H2,1-4H3/t18-,20-/m0/s1. The summed E-state index contributed by atoms with van der Waals surface area (Å²) in [6, 6.07) is 9.55. The Morgan fingerprint density at radius 3 is 2.65 bits per heavy atom. The second kappa shape index (κ2) is 11.0. The number of thiophene rings is 1. The second-order valence-corrected chi connectivity index (χ2v) is 9.55. The molecule has 1 aliphatic heterocycles. The number of ether oxygens (including phenoxy) is 2. The summed E-state index contributed by atoms with van der Waals surface area (Å²) in [5, 5.41) is 12.0. The fourth-order valence-electron chi connectivity index (χ4n) is 4.16. The quantitative estimate of drug-likeness (QED) is 0.604. The highest BCUT2D eigenvalue weighted by atomic mass is 32.1. The molecule has 6 nitrogen and oxygen atoms in total. The topological polar surface area (TPSA) is 62.2 Å². The van der Waals surface area contributed by atoms with Gasteiger partial charge in [-0.25, -0.2) is 0 Å². The highest BCUT2D eigenvalue weighted by molar-refractivity contribution is 7.10. The SMILES string of the molecule is COc1ccccc1OC[C@H]1c2ccsc2CCN1C(=O)CN(CC(C)C)C[C@H](C)O. The smallest absolute Gasteiger partial charge is 0.237 e. The minimum Gasteiger partial charge on any atom is -0.493 e. The number of nitrogens with zero attached hydrogens (tertiary/aromatic N) is 2. The van der Waals surface area contributed by atoms with Crippen LogP contribution < -0.4 is 9.47 Å². The van der Waals surface area contributed by atoms with Gasteiger partial charge >= 0.3 is 0 Å². The van der Waals surface area contributed by atoms with Crippen LogP contribution in [0.3, 0.4) is 0 Å². The number of carbonyl (C=O) groups is 1. The molecule has 1 aromatic heterocycles. The van der Waals surface area contributed by atoms with E-state index in [0.29, 0.717) is 43.7 Å². The first-order valence-electron chi connectivity index (χ1n) is 10.9. The number of hydrogen-bond acceptors (Lipinski definition) is 6. The van der Waals surface area contributed by atoms with Crippen LogP contribution in [0.2, 0.25) is 0 Å². The maximum absolute atomic E-state index is 13.4. The monoisotopic (exact) mass is 446 g/mol. The minimum absolute atomic E-state index is 0.0757. The predicted molar refractivity (Wildman–Crippen MR) is 124 cm³/mol. The molecule has 31 heavy (non-hydrogen) atoms. The van der Waals surface area contributed by atoms with Crippen molar-refractivity contribution in [2.24, 2.45) is 5.92 Å². The Labute approximate surface area is 189 Å². The lowest BCUT2D eigenvalue weighted by Crippen LogP contribution is -2.48. The van der Waals surface area contributed by atoms with Gasteiger partial charge in [0.1, 0.15) is 6.61 Å². The van der Waals surface area contributed by atoms with Gasteiger partial charge in [-0.15, -0.1) is 11.3 Å². The van der Waals surface area contributed by atoms with Crippen LogP contribution in [0.4, 0.5) is 0 Å². The van der Waals surface area contributed by atoms with E-state index in [0.717, 1.165) is 13.0 Å². The van der Waals surface area contributed by atoms with Crippen molar-refractivity contribution in [1.82, 2.24) is 9.80 Å². The van der Waals surface area contributed by atoms with Crippen LogP contribution in [0.1, 0.15) is 37.3 Å². The number of benzene rings is 1. The van der Waals surface area contributed by atoms with Crippen molar-refractivity contribution in [2.45, 2.75) is 39.3 Å². The van der Waals surface area contributed by atoms with E-state index in [2.05, 4.69) is 30.2 Å². The van der Waals surface area contributed by atoms with Crippen LogP contribution in [0.25, 0.3) is 0 Å². The minimum atomic E-state index is -0.471. The van der Waals surface area contributed by atoms with Crippen LogP contribution in [-0.4, -0.2) is 66.8 Å². The lowest BCUT2D eigenvalue weighted by atomic mass is 10.00. The molecule has 1 aromatic carbocycles. The zero-order valence-electron chi connectivity index (χ0n) is 18.9. The first kappa shape index (κ1) is 23.6. The van der Waals surface area contributed by atoms with Crippen LogP contribution in [0, 0.1) is 5.92 Å². The van der Waals surface area contributed by atoms with Gasteiger partial charge in [0.05, 0.1) is 25.8 Å². The molecule has 3 rings (SSSR count). The number of rotatable bonds is 10. The van der Waals surface area contributed by atoms with Crippen molar-refractivity contribution in [3.63, 3.8) is 0 Å². The van der Waals surface area contributed by atoms with E-state index in [1.54, 1.807) is 25.4 Å². The van der Waals surface area contributed by atoms with Crippen molar-refractivity contribution in [3.8, 4) is 11.5 Å². The summed E-state index contributed by atoms with van der Waals surface area (Å²) < 4.78 is 11.5. The number of fused-ring (bicyclic) bond motifs is 1. The van der Waals surface area contributed by atoms with E-state index in [9.17, 15) is 9.90 Å². The van der Waals surface area contributed by atoms with Gasteiger partial charge < -0.3 is 19.5 Å². The molecule has 0 saturated carbocycles. The largest absolute Gasteiger partial charge is 0.493 e. The van der Waals surface area contributed by atoms with Gasteiger partial charge in [0, 0.05) is 24.5 Å². The summed E-state index contributed by atoms with van der Waals surface area (Å²) in [4.78, 5) is 18.7. The maximum atomic E-state index is 13.4. The lowest BCUT2D eigenvalue weighted by Gasteiger charge is -2.37. The molecule has 2 atom stereocenters. The molecule has 1 amide bonds. The first-order chi connectivity index (χ1) is 14.9. The van der Waals surface area contributed by atoms with E-state index in [-0.39, 0.29) is 11.9 Å². The molecule has 0 bridgehead atoms. The molecule has 2 aromatic rings. The zero-order valence-corrected chi connectivity index (χ0v) is 19.7. The van der Waals surface area contributed by atoms with Crippen molar-refractivity contribution in [2.75, 3.05) is 39.9 Å². The van der Waals surface area contributed by atoms with Gasteiger partial charge in [-0.2, -0.15) is 0 Å². The number of carbonyl (C=O) groups excluding carboxylic acids is 1. The summed E-state index contributed by atoms with van der Waals surface area (Å²) in [5.74, 6) is 1.85. The lowest BCUT2D eigenvalue weighted by molar-refractivity contribution is -0.136. The highest BCUT2D eigenvalue weighted by Crippen LogP contribution is 2.35. The molecule has 2 heterocycles. The fraction of sp³-hybridized carbons (Fsp3) is 0.542. The molecule has 7 heteroatoms. The first-order valence-corrected chi connectivity index (χ1v) is 11.8. The van der Waals surface area contributed by atoms with Crippen LogP contribution in [-0.2, 0) is 11.2 Å². The molecular weight excluding hydrogens is 412 g/mol. The van der Waals surface area contributed by atoms with Crippen molar-refractivity contribution in [3.05, 3.63) is 46.2 Å². The van der Waals surface area contributed by atoms with Gasteiger partial charge in [-0.1, -0.05) is 26.0 Å². The molecule has 0 aliphatic carbocycles. The van der Waals surface area contributed by atoms with Crippen LogP contribution in [0.15, 0.2) is 35.7 Å². The number of hydrogen-bond donors (Lipinski definition) is 1. The molecular formula is C24H34N2O4S. The molecule has 0 saturated heterocycles. The Kier molecular flexibility index (Phi) is 8.35. The van der Waals surface area contributed by atoms with Gasteiger partial charge in [-0.05, 0) is 48.4 Å². The Balaban J connectivity index is 1.76. The average molecular weight is 447 g/mol. The number of methoxy groups -OCH3 is 1. The normalized spacial score (nSPS) is 17.0. The van der Waals surface area contributed by atoms with Crippen LogP contribution in [0.5, 0.6) is 11.5 Å². The summed E-state index contributed by atoms with van der Waals surface area (Å²) in [5.41, 5.74) is 1.17. The summed E-state index contributed by atoms with van der Waals surface area (Å²) >= 11 is 1.74. The van der Waals surface area contributed by atoms with E-state index in [1.807, 2.05) is 29.2 Å². The Morgan fingerprint density at radius 1 is 1.23 bits per heavy atom. The van der Waals surface area contributed by atoms with Gasteiger partial charge in [0.25, 0.3) is 0 Å². The third kappa shape index (κ3) is 6.21. The van der Waals surface area contributed by atoms with Gasteiger partial charge in [0.2, 0.25) is 5.91 Å². The third-order valence-electron chi connectivity index (χ3n) is 5.39. The van der Waals surface area contributed by atoms with Gasteiger partial charge in [-0.3, -0.25) is 9.69 Å². The summed E-state index contributed by atoms with van der Waals surface area (Å²) in [7, 11) is 1.63. The molecule has 0 fully saturated rings. The van der Waals surface area contributed by atoms with Gasteiger partial charge in [0.15, 0.2) is 11.5 Å². The Hall–Kier alpha value is -2.09. The van der Waals surface area contributed by atoms with Crippen LogP contribution >= 0.6 is 11.3 Å². The fourth-order valence-corrected chi connectivity index (χ4v) is 5.09. The number of amides is 1. The molecule has 1 N–H and O–H groups in total. The van der Waals surface area contributed by atoms with E-state index < -0.39 is 6.10 Å². The predicted octanol–water partition coefficient (Wildman–Crippen LogP) is 3.60. The molecule has 1 aliphatic rings. The second-order valence-electron chi connectivity index (χ2n) is 8.55. The molecule has 0 radical (unpaired) electrons. The van der Waals surface area contributed by atoms with Crippen molar-refractivity contribution >= 4 is 17.2 Å². The maximum Gasteiger partial charge on any atom is 0.237 e. The summed E-state index contributed by atoms with van der Waals surface area (Å²) in [6.45, 7) is 8.63. The third-order valence-corrected chi connectivity index (χ3v) is 6.38. The average Bonchev–Trinajstić information content (AvgIpc) is 3.20. The Bertz CT molecular complexity index is 842. The highest BCUT2D eigenvalue weighted by Gasteiger charge is 2.33. The van der Waals surface area contributed by atoms with E-state index >= 15 is 0 Å². The molecule has 170 valence electrons. The number of aliphatic hydroxyl groups excluding tert-OH is 1. The summed E-state index contributed by atoms with van der Waals surface area (Å²) in [6.07, 6.45) is 0.394. The molecule has 0 unspecified atom stereocenters. The van der Waals surface area contributed by atoms with E-state index in [1.165, 1.54) is 10.4 Å². The van der Waals surface area contributed by atoms with Crippen molar-refractivity contribution < 1.29 is 19.4 Å².